The molecule has 0 saturated carbocycles. The third-order valence-corrected chi connectivity index (χ3v) is 1.33. The molecular weight excluding hydrogens is 187 g/mol. The van der Waals surface area contributed by atoms with Gasteiger partial charge in [0.1, 0.15) is 17.9 Å². The molecule has 1 aromatic heterocycles. The summed E-state index contributed by atoms with van der Waals surface area (Å²) in [6.45, 7) is 0. The molecule has 0 aliphatic heterocycles. The minimum absolute atomic E-state index is 0.0999. The fourth-order valence-electron chi connectivity index (χ4n) is 0.763. The maximum Gasteiger partial charge on any atom is 0.315 e. The van der Waals surface area contributed by atoms with Gasteiger partial charge in [0.25, 0.3) is 0 Å². The zero-order chi connectivity index (χ0) is 10.6. The molecule has 14 heavy (non-hydrogen) atoms. The lowest BCUT2D eigenvalue weighted by Crippen LogP contribution is -1.95. The van der Waals surface area contributed by atoms with Crippen LogP contribution in [0.25, 0.3) is 0 Å². The SMILES string of the molecule is Nc1cc(F)cnc1C#CCC(=O)O. The second-order valence-electron chi connectivity index (χ2n) is 2.46. The van der Waals surface area contributed by atoms with Gasteiger partial charge >= 0.3 is 5.97 Å². The molecule has 0 aliphatic carbocycles. The van der Waals surface area contributed by atoms with Crippen LogP contribution in [0.3, 0.4) is 0 Å². The van der Waals surface area contributed by atoms with E-state index in [1.54, 1.807) is 0 Å². The summed E-state index contributed by atoms with van der Waals surface area (Å²) in [5.74, 6) is 3.21. The Kier molecular flexibility index (Phi) is 3.02. The first-order valence-corrected chi connectivity index (χ1v) is 3.71. The molecule has 1 rings (SSSR count). The maximum absolute atomic E-state index is 12.5. The van der Waals surface area contributed by atoms with Gasteiger partial charge in [0.15, 0.2) is 0 Å². The van der Waals surface area contributed by atoms with Crippen molar-refractivity contribution in [2.45, 2.75) is 6.42 Å². The van der Waals surface area contributed by atoms with Gasteiger partial charge in [-0.2, -0.15) is 0 Å². The highest BCUT2D eigenvalue weighted by atomic mass is 19.1. The van der Waals surface area contributed by atoms with Crippen molar-refractivity contribution in [2.24, 2.45) is 0 Å². The minimum Gasteiger partial charge on any atom is -0.481 e. The van der Waals surface area contributed by atoms with E-state index in [0.717, 1.165) is 12.3 Å². The molecule has 0 amide bonds. The molecule has 0 fully saturated rings. The van der Waals surface area contributed by atoms with Crippen molar-refractivity contribution in [3.8, 4) is 11.8 Å². The van der Waals surface area contributed by atoms with E-state index in [2.05, 4.69) is 16.8 Å². The van der Waals surface area contributed by atoms with E-state index in [9.17, 15) is 9.18 Å². The molecule has 0 saturated heterocycles. The summed E-state index contributed by atoms with van der Waals surface area (Å²) >= 11 is 0. The summed E-state index contributed by atoms with van der Waals surface area (Å²) in [5, 5.41) is 8.29. The van der Waals surface area contributed by atoms with Crippen LogP contribution in [-0.2, 0) is 4.79 Å². The number of pyridine rings is 1. The number of nitrogens with two attached hydrogens (primary N) is 1. The Balaban J connectivity index is 2.85. The number of hydrogen-bond donors (Lipinski definition) is 2. The van der Waals surface area contributed by atoms with Gasteiger partial charge in [0, 0.05) is 6.07 Å². The molecular formula is C9H7FN2O2. The van der Waals surface area contributed by atoms with Crippen molar-refractivity contribution in [3.63, 3.8) is 0 Å². The zero-order valence-electron chi connectivity index (χ0n) is 7.12. The highest BCUT2D eigenvalue weighted by Gasteiger charge is 1.98. The van der Waals surface area contributed by atoms with Crippen molar-refractivity contribution >= 4 is 11.7 Å². The second kappa shape index (κ2) is 4.23. The van der Waals surface area contributed by atoms with Gasteiger partial charge in [0.05, 0.1) is 11.9 Å². The molecule has 0 atom stereocenters. The number of rotatable bonds is 1. The topological polar surface area (TPSA) is 76.2 Å². The summed E-state index contributed by atoms with van der Waals surface area (Å²) in [5.41, 5.74) is 5.67. The van der Waals surface area contributed by atoms with E-state index in [0.29, 0.717) is 0 Å². The fourth-order valence-corrected chi connectivity index (χ4v) is 0.763. The maximum atomic E-state index is 12.5. The molecule has 72 valence electrons. The highest BCUT2D eigenvalue weighted by Crippen LogP contribution is 2.08. The minimum atomic E-state index is -1.03. The van der Waals surface area contributed by atoms with Crippen LogP contribution in [0.2, 0.25) is 0 Å². The van der Waals surface area contributed by atoms with Crippen LogP contribution in [0, 0.1) is 17.7 Å². The summed E-state index contributed by atoms with van der Waals surface area (Å²) in [6, 6.07) is 1.08. The molecule has 0 aromatic carbocycles. The molecule has 0 spiro atoms. The van der Waals surface area contributed by atoms with Crippen LogP contribution in [0.5, 0.6) is 0 Å². The van der Waals surface area contributed by atoms with Crippen molar-refractivity contribution < 1.29 is 14.3 Å². The first-order chi connectivity index (χ1) is 6.59. The standard InChI is InChI=1S/C9H7FN2O2/c10-6-4-7(11)8(12-5-6)2-1-3-9(13)14/h4-5H,3,11H2,(H,13,14). The summed E-state index contributed by atoms with van der Waals surface area (Å²) in [4.78, 5) is 13.7. The zero-order valence-corrected chi connectivity index (χ0v) is 7.12. The summed E-state index contributed by atoms with van der Waals surface area (Å²) in [7, 11) is 0. The highest BCUT2D eigenvalue weighted by molar-refractivity contribution is 5.70. The fraction of sp³-hybridized carbons (Fsp3) is 0.111. The van der Waals surface area contributed by atoms with Crippen molar-refractivity contribution in [3.05, 3.63) is 23.8 Å². The van der Waals surface area contributed by atoms with Crippen LogP contribution in [0.4, 0.5) is 10.1 Å². The van der Waals surface area contributed by atoms with Gasteiger partial charge in [-0.15, -0.1) is 0 Å². The Morgan fingerprint density at radius 3 is 3.00 bits per heavy atom. The number of carbonyl (C=O) groups is 1. The third kappa shape index (κ3) is 2.75. The van der Waals surface area contributed by atoms with Crippen molar-refractivity contribution in [1.29, 1.82) is 0 Å². The molecule has 3 N–H and O–H groups in total. The predicted octanol–water partition coefficient (Wildman–Crippen LogP) is 0.629. The van der Waals surface area contributed by atoms with Gasteiger partial charge in [-0.25, -0.2) is 9.37 Å². The lowest BCUT2D eigenvalue weighted by Gasteiger charge is -1.95. The number of nitrogens with zero attached hydrogens (tertiary/aromatic N) is 1. The lowest BCUT2D eigenvalue weighted by atomic mass is 10.3. The molecule has 0 unspecified atom stereocenters. The Labute approximate surface area is 79.6 Å². The Hall–Kier alpha value is -2.09. The van der Waals surface area contributed by atoms with E-state index in [1.165, 1.54) is 0 Å². The smallest absolute Gasteiger partial charge is 0.315 e. The summed E-state index contributed by atoms with van der Waals surface area (Å²) in [6.07, 6.45) is 0.680. The molecule has 0 radical (unpaired) electrons. The van der Waals surface area contributed by atoms with Crippen molar-refractivity contribution in [2.75, 3.05) is 5.73 Å². The van der Waals surface area contributed by atoms with Gasteiger partial charge in [0.2, 0.25) is 0 Å². The number of aromatic nitrogens is 1. The number of halogens is 1. The average molecular weight is 194 g/mol. The number of nitrogen functional groups attached to an aromatic ring is 1. The van der Waals surface area contributed by atoms with Crippen LogP contribution >= 0.6 is 0 Å². The van der Waals surface area contributed by atoms with Crippen molar-refractivity contribution in [1.82, 2.24) is 4.98 Å². The second-order valence-corrected chi connectivity index (χ2v) is 2.46. The van der Waals surface area contributed by atoms with Crippen LogP contribution in [-0.4, -0.2) is 16.1 Å². The Morgan fingerprint density at radius 2 is 2.43 bits per heavy atom. The first-order valence-electron chi connectivity index (χ1n) is 3.71. The van der Waals surface area contributed by atoms with E-state index in [1.807, 2.05) is 0 Å². The Bertz CT molecular complexity index is 421. The van der Waals surface area contributed by atoms with E-state index in [-0.39, 0.29) is 17.8 Å². The number of carboxylic acids is 1. The van der Waals surface area contributed by atoms with E-state index in [4.69, 9.17) is 10.8 Å². The van der Waals surface area contributed by atoms with Gasteiger partial charge < -0.3 is 10.8 Å². The lowest BCUT2D eigenvalue weighted by molar-refractivity contribution is -0.135. The van der Waals surface area contributed by atoms with Crippen LogP contribution in [0.1, 0.15) is 12.1 Å². The van der Waals surface area contributed by atoms with Crippen LogP contribution < -0.4 is 5.73 Å². The molecule has 0 bridgehead atoms. The number of hydrogen-bond acceptors (Lipinski definition) is 3. The first kappa shape index (κ1) is 9.99. The van der Waals surface area contributed by atoms with E-state index >= 15 is 0 Å². The normalized spacial score (nSPS) is 8.93. The molecule has 1 aromatic rings. The molecule has 0 aliphatic rings. The molecule has 1 heterocycles. The quantitative estimate of drug-likeness (QED) is 0.643. The molecule has 4 nitrogen and oxygen atoms in total. The van der Waals surface area contributed by atoms with Crippen LogP contribution in [0.15, 0.2) is 12.3 Å². The monoisotopic (exact) mass is 194 g/mol. The number of aliphatic carboxylic acids is 1. The number of carboxylic acid groups (broad SMARTS) is 1. The molecule has 5 heteroatoms. The van der Waals surface area contributed by atoms with Gasteiger partial charge in [-0.05, 0) is 5.92 Å². The number of anilines is 1. The Morgan fingerprint density at radius 1 is 1.71 bits per heavy atom. The van der Waals surface area contributed by atoms with E-state index < -0.39 is 11.8 Å². The van der Waals surface area contributed by atoms with Gasteiger partial charge in [-0.1, -0.05) is 5.92 Å². The summed E-state index contributed by atoms with van der Waals surface area (Å²) < 4.78 is 12.5. The van der Waals surface area contributed by atoms with Gasteiger partial charge in [-0.3, -0.25) is 4.79 Å². The largest absolute Gasteiger partial charge is 0.481 e. The average Bonchev–Trinajstić information content (AvgIpc) is 2.08. The predicted molar refractivity (Wildman–Crippen MR) is 47.7 cm³/mol. The third-order valence-electron chi connectivity index (χ3n) is 1.33.